The van der Waals surface area contributed by atoms with Crippen LogP contribution in [0.3, 0.4) is 0 Å². The van der Waals surface area contributed by atoms with E-state index in [1.165, 1.54) is 16.0 Å². The molecule has 8 nitrogen and oxygen atoms in total. The summed E-state index contributed by atoms with van der Waals surface area (Å²) in [6, 6.07) is 18.2. The number of fused-ring (bicyclic) bond motifs is 5. The number of methoxy groups -OCH3 is 1. The molecule has 1 aliphatic rings. The molecule has 0 amide bonds. The number of benzene rings is 2. The summed E-state index contributed by atoms with van der Waals surface area (Å²) < 4.78 is 6.92. The summed E-state index contributed by atoms with van der Waals surface area (Å²) in [7, 11) is 1.64. The minimum atomic E-state index is 0.188. The van der Waals surface area contributed by atoms with E-state index in [1.807, 2.05) is 24.3 Å². The van der Waals surface area contributed by atoms with E-state index in [0.29, 0.717) is 5.82 Å². The molecule has 0 fully saturated rings. The maximum absolute atomic E-state index is 5.46. The van der Waals surface area contributed by atoms with Gasteiger partial charge < -0.3 is 9.57 Å². The molecule has 0 bridgehead atoms. The van der Waals surface area contributed by atoms with Crippen LogP contribution in [0.5, 0.6) is 5.75 Å². The van der Waals surface area contributed by atoms with Crippen LogP contribution in [-0.4, -0.2) is 44.4 Å². The van der Waals surface area contributed by atoms with Gasteiger partial charge in [-0.1, -0.05) is 35.5 Å². The number of hydrogen-bond acceptors (Lipinski definition) is 8. The van der Waals surface area contributed by atoms with Crippen molar-refractivity contribution in [1.82, 2.24) is 24.5 Å². The molecule has 5 aromatic rings. The molecule has 1 aliphatic heterocycles. The van der Waals surface area contributed by atoms with Crippen LogP contribution in [0.4, 0.5) is 0 Å². The minimum absolute atomic E-state index is 0.188. The van der Waals surface area contributed by atoms with E-state index in [1.54, 1.807) is 35.5 Å². The number of aromatic nitrogens is 4. The number of thiophene rings is 1. The highest BCUT2D eigenvalue weighted by molar-refractivity contribution is 7.19. The highest BCUT2D eigenvalue weighted by Crippen LogP contribution is 2.36. The van der Waals surface area contributed by atoms with Gasteiger partial charge in [0.2, 0.25) is 0 Å². The van der Waals surface area contributed by atoms with Crippen LogP contribution in [0.15, 0.2) is 66.1 Å². The molecule has 0 unspecified atom stereocenters. The standard InChI is InChI=1S/C26H24N6O2S/c1-33-20-9-7-18(8-10-20)13-28-34-16-23-29-25-24-21-11-12-31(14-19-5-3-2-4-6-19)15-22(21)35-26(24)27-17-32(25)30-23/h2-10,13,17H,11-12,14-16H2,1H3/b28-13+. The molecule has 0 saturated heterocycles. The molecular weight excluding hydrogens is 460 g/mol. The van der Waals surface area contributed by atoms with Crippen LogP contribution in [0.2, 0.25) is 0 Å². The molecule has 4 heterocycles. The summed E-state index contributed by atoms with van der Waals surface area (Å²) in [5, 5.41) is 9.72. The molecule has 6 rings (SSSR count). The lowest BCUT2D eigenvalue weighted by atomic mass is 10.0. The van der Waals surface area contributed by atoms with E-state index in [4.69, 9.17) is 14.6 Å². The number of ether oxygens (including phenoxy) is 1. The van der Waals surface area contributed by atoms with Crippen molar-refractivity contribution in [3.63, 3.8) is 0 Å². The summed E-state index contributed by atoms with van der Waals surface area (Å²) in [5.74, 6) is 1.38. The van der Waals surface area contributed by atoms with Gasteiger partial charge in [-0.05, 0) is 47.4 Å². The van der Waals surface area contributed by atoms with Crippen molar-refractivity contribution in [3.05, 3.63) is 88.3 Å². The van der Waals surface area contributed by atoms with Crippen LogP contribution in [0.1, 0.15) is 27.4 Å². The van der Waals surface area contributed by atoms with Gasteiger partial charge in [-0.15, -0.1) is 16.4 Å². The zero-order chi connectivity index (χ0) is 23.6. The molecule has 3 aromatic heterocycles. The second-order valence-corrected chi connectivity index (χ2v) is 9.54. The second-order valence-electron chi connectivity index (χ2n) is 8.45. The SMILES string of the molecule is COc1ccc(/C=N/OCc2nc3c4c5c(sc4ncn3n2)CN(Cc2ccccc2)CC5)cc1. The van der Waals surface area contributed by atoms with E-state index in [2.05, 4.69) is 50.5 Å². The third-order valence-electron chi connectivity index (χ3n) is 6.14. The fourth-order valence-electron chi connectivity index (χ4n) is 4.41. The summed E-state index contributed by atoms with van der Waals surface area (Å²) in [5.41, 5.74) is 4.45. The molecule has 0 spiro atoms. The van der Waals surface area contributed by atoms with Crippen LogP contribution in [0.25, 0.3) is 15.9 Å². The van der Waals surface area contributed by atoms with Crippen LogP contribution in [-0.2, 0) is 31.0 Å². The fraction of sp³-hybridized carbons (Fsp3) is 0.231. The van der Waals surface area contributed by atoms with Gasteiger partial charge in [0, 0.05) is 24.5 Å². The maximum atomic E-state index is 5.46. The zero-order valence-electron chi connectivity index (χ0n) is 19.3. The largest absolute Gasteiger partial charge is 0.497 e. The van der Waals surface area contributed by atoms with Gasteiger partial charge in [0.25, 0.3) is 0 Å². The van der Waals surface area contributed by atoms with Crippen LogP contribution < -0.4 is 4.74 Å². The van der Waals surface area contributed by atoms with Crippen molar-refractivity contribution in [3.8, 4) is 5.75 Å². The average molecular weight is 485 g/mol. The monoisotopic (exact) mass is 484 g/mol. The molecule has 0 radical (unpaired) electrons. The van der Waals surface area contributed by atoms with Crippen molar-refractivity contribution < 1.29 is 9.57 Å². The Hall–Kier alpha value is -3.82. The highest BCUT2D eigenvalue weighted by atomic mass is 32.1. The first-order valence-corrected chi connectivity index (χ1v) is 12.3. The zero-order valence-corrected chi connectivity index (χ0v) is 20.1. The van der Waals surface area contributed by atoms with Crippen molar-refractivity contribution in [2.45, 2.75) is 26.1 Å². The van der Waals surface area contributed by atoms with Crippen LogP contribution >= 0.6 is 11.3 Å². The molecule has 0 saturated carbocycles. The van der Waals surface area contributed by atoms with Crippen molar-refractivity contribution in [2.24, 2.45) is 5.16 Å². The molecule has 2 aromatic carbocycles. The van der Waals surface area contributed by atoms with Gasteiger partial charge in [0.05, 0.1) is 18.7 Å². The predicted molar refractivity (Wildman–Crippen MR) is 136 cm³/mol. The summed E-state index contributed by atoms with van der Waals surface area (Å²) in [4.78, 5) is 19.8. The molecule has 176 valence electrons. The van der Waals surface area contributed by atoms with E-state index in [9.17, 15) is 0 Å². The van der Waals surface area contributed by atoms with Gasteiger partial charge in [-0.3, -0.25) is 4.90 Å². The topological polar surface area (TPSA) is 77.1 Å². The van der Waals surface area contributed by atoms with Crippen molar-refractivity contribution >= 4 is 33.4 Å². The van der Waals surface area contributed by atoms with E-state index in [-0.39, 0.29) is 6.61 Å². The molecule has 35 heavy (non-hydrogen) atoms. The van der Waals surface area contributed by atoms with Gasteiger partial charge in [0.15, 0.2) is 18.1 Å². The Morgan fingerprint density at radius 3 is 2.80 bits per heavy atom. The number of hydrogen-bond donors (Lipinski definition) is 0. The molecule has 9 heteroatoms. The lowest BCUT2D eigenvalue weighted by Gasteiger charge is -2.26. The smallest absolute Gasteiger partial charge is 0.192 e. The van der Waals surface area contributed by atoms with Gasteiger partial charge in [-0.2, -0.15) is 0 Å². The Morgan fingerprint density at radius 1 is 1.11 bits per heavy atom. The first-order chi connectivity index (χ1) is 17.3. The Labute approximate surface area is 206 Å². The van der Waals surface area contributed by atoms with Gasteiger partial charge in [0.1, 0.15) is 16.9 Å². The van der Waals surface area contributed by atoms with E-state index >= 15 is 0 Å². The number of rotatable bonds is 7. The van der Waals surface area contributed by atoms with Crippen molar-refractivity contribution in [1.29, 1.82) is 0 Å². The molecule has 0 atom stereocenters. The summed E-state index contributed by atoms with van der Waals surface area (Å²) in [6.07, 6.45) is 4.37. The van der Waals surface area contributed by atoms with E-state index < -0.39 is 0 Å². The Morgan fingerprint density at radius 2 is 1.97 bits per heavy atom. The predicted octanol–water partition coefficient (Wildman–Crippen LogP) is 4.46. The Bertz CT molecular complexity index is 1490. The first-order valence-electron chi connectivity index (χ1n) is 11.5. The highest BCUT2D eigenvalue weighted by Gasteiger charge is 2.24. The summed E-state index contributed by atoms with van der Waals surface area (Å²) >= 11 is 1.76. The average Bonchev–Trinajstić information content (AvgIpc) is 3.48. The lowest BCUT2D eigenvalue weighted by molar-refractivity contribution is 0.126. The van der Waals surface area contributed by atoms with Gasteiger partial charge in [-0.25, -0.2) is 14.5 Å². The molecule has 0 aliphatic carbocycles. The summed E-state index contributed by atoms with van der Waals surface area (Å²) in [6.45, 7) is 3.09. The maximum Gasteiger partial charge on any atom is 0.192 e. The fourth-order valence-corrected chi connectivity index (χ4v) is 5.63. The normalized spacial score (nSPS) is 14.1. The third-order valence-corrected chi connectivity index (χ3v) is 7.26. The van der Waals surface area contributed by atoms with Crippen molar-refractivity contribution in [2.75, 3.05) is 13.7 Å². The van der Waals surface area contributed by atoms with Gasteiger partial charge >= 0.3 is 0 Å². The molecule has 0 N–H and O–H groups in total. The van der Waals surface area contributed by atoms with Crippen LogP contribution in [0, 0.1) is 0 Å². The third kappa shape index (κ3) is 4.48. The number of oxime groups is 1. The van der Waals surface area contributed by atoms with E-state index in [0.717, 1.165) is 53.2 Å². The first kappa shape index (κ1) is 21.7. The Kier molecular flexibility index (Phi) is 5.85. The second kappa shape index (κ2) is 9.44. The Balaban J connectivity index is 1.18. The molecular formula is C26H24N6O2S. The number of nitrogens with zero attached hydrogens (tertiary/aromatic N) is 6. The lowest BCUT2D eigenvalue weighted by Crippen LogP contribution is -2.29. The quantitative estimate of drug-likeness (QED) is 0.251. The minimum Gasteiger partial charge on any atom is -0.497 e.